The van der Waals surface area contributed by atoms with Gasteiger partial charge in [0.1, 0.15) is 0 Å². The lowest BCUT2D eigenvalue weighted by Crippen LogP contribution is -2.16. The first kappa shape index (κ1) is 34.7. The van der Waals surface area contributed by atoms with Crippen molar-refractivity contribution in [3.8, 4) is 33.4 Å². The Kier molecular flexibility index (Phi) is 8.71. The van der Waals surface area contributed by atoms with Gasteiger partial charge in [-0.3, -0.25) is 0 Å². The van der Waals surface area contributed by atoms with Crippen LogP contribution in [-0.2, 0) is 0 Å². The van der Waals surface area contributed by atoms with Crippen molar-refractivity contribution in [2.45, 2.75) is 5.92 Å². The molecule has 1 nitrogen and oxygen atoms in total. The van der Waals surface area contributed by atoms with Gasteiger partial charge in [-0.25, -0.2) is 0 Å². The zero-order valence-corrected chi connectivity index (χ0v) is 32.6. The highest BCUT2D eigenvalue weighted by atomic mass is 15.1. The van der Waals surface area contributed by atoms with Gasteiger partial charge in [0.2, 0.25) is 0 Å². The average Bonchev–Trinajstić information content (AvgIpc) is 3.32. The van der Waals surface area contributed by atoms with E-state index in [0.717, 1.165) is 17.1 Å². The molecule has 0 aliphatic heterocycles. The molecular weight excluding hydrogens is 711 g/mol. The second kappa shape index (κ2) is 14.8. The van der Waals surface area contributed by atoms with Crippen molar-refractivity contribution in [2.75, 3.05) is 4.90 Å². The molecule has 0 aromatic heterocycles. The summed E-state index contributed by atoms with van der Waals surface area (Å²) in [5.74, 6) is 0.666. The van der Waals surface area contributed by atoms with Crippen LogP contribution in [0.4, 0.5) is 17.1 Å². The molecule has 0 fully saturated rings. The summed E-state index contributed by atoms with van der Waals surface area (Å²) in [5.41, 5.74) is 15.6. The Balaban J connectivity index is 1.13. The molecule has 2 atom stereocenters. The summed E-state index contributed by atoms with van der Waals surface area (Å²) in [6.45, 7) is 0. The van der Waals surface area contributed by atoms with Crippen LogP contribution in [0.25, 0.3) is 60.5 Å². The summed E-state index contributed by atoms with van der Waals surface area (Å²) >= 11 is 0. The number of hydrogen-bond donors (Lipinski definition) is 0. The van der Waals surface area contributed by atoms with E-state index in [4.69, 9.17) is 0 Å². The molecule has 2 unspecified atom stereocenters. The first-order valence-corrected chi connectivity index (χ1v) is 20.6. The number of fused-ring (bicyclic) bond motifs is 6. The van der Waals surface area contributed by atoms with Crippen LogP contribution in [0.2, 0.25) is 0 Å². The van der Waals surface area contributed by atoms with Gasteiger partial charge in [0.25, 0.3) is 0 Å². The van der Waals surface area contributed by atoms with E-state index in [2.05, 4.69) is 242 Å². The van der Waals surface area contributed by atoms with Gasteiger partial charge in [-0.2, -0.15) is 0 Å². The molecule has 0 amide bonds. The Bertz CT molecular complexity index is 3060. The van der Waals surface area contributed by atoms with Crippen molar-refractivity contribution < 1.29 is 0 Å². The molecule has 278 valence electrons. The second-order valence-corrected chi connectivity index (χ2v) is 15.7. The Morgan fingerprint density at radius 2 is 0.898 bits per heavy atom. The zero-order valence-electron chi connectivity index (χ0n) is 32.6. The molecule has 1 heteroatoms. The van der Waals surface area contributed by atoms with Gasteiger partial charge in [-0.05, 0) is 126 Å². The molecule has 0 saturated carbocycles. The molecule has 9 aromatic carbocycles. The van der Waals surface area contributed by atoms with Crippen LogP contribution in [0, 0.1) is 5.92 Å². The fraction of sp³-hybridized carbons (Fsp3) is 0.0345. The van der Waals surface area contributed by atoms with E-state index >= 15 is 0 Å². The van der Waals surface area contributed by atoms with E-state index in [1.165, 1.54) is 77.2 Å². The number of rotatable bonds is 7. The van der Waals surface area contributed by atoms with E-state index < -0.39 is 0 Å². The van der Waals surface area contributed by atoms with Crippen molar-refractivity contribution in [3.05, 3.63) is 253 Å². The van der Waals surface area contributed by atoms with Gasteiger partial charge in [-0.1, -0.05) is 188 Å². The largest absolute Gasteiger partial charge is 0.310 e. The molecule has 9 aromatic rings. The van der Waals surface area contributed by atoms with Gasteiger partial charge in [0.05, 0.1) is 0 Å². The van der Waals surface area contributed by atoms with Crippen LogP contribution in [0.5, 0.6) is 0 Å². The van der Waals surface area contributed by atoms with Crippen LogP contribution >= 0.6 is 0 Å². The summed E-state index contributed by atoms with van der Waals surface area (Å²) in [6.07, 6.45) is 11.6. The molecule has 0 bridgehead atoms. The molecule has 59 heavy (non-hydrogen) atoms. The Morgan fingerprint density at radius 1 is 0.339 bits per heavy atom. The van der Waals surface area contributed by atoms with Crippen molar-refractivity contribution in [1.29, 1.82) is 0 Å². The Labute approximate surface area is 346 Å². The predicted molar refractivity (Wildman–Crippen MR) is 250 cm³/mol. The summed E-state index contributed by atoms with van der Waals surface area (Å²) in [6, 6.07) is 75.7. The van der Waals surface area contributed by atoms with E-state index in [-0.39, 0.29) is 0 Å². The fourth-order valence-corrected chi connectivity index (χ4v) is 9.36. The van der Waals surface area contributed by atoms with E-state index in [0.29, 0.717) is 11.8 Å². The van der Waals surface area contributed by atoms with E-state index in [1.54, 1.807) is 0 Å². The topological polar surface area (TPSA) is 3.24 Å². The van der Waals surface area contributed by atoms with Crippen LogP contribution in [0.1, 0.15) is 22.6 Å². The van der Waals surface area contributed by atoms with Crippen molar-refractivity contribution in [3.63, 3.8) is 0 Å². The molecular formula is C58H41N. The number of hydrogen-bond acceptors (Lipinski definition) is 1. The summed E-state index contributed by atoms with van der Waals surface area (Å²) in [7, 11) is 0. The molecule has 0 N–H and O–H groups in total. The molecule has 2 aliphatic rings. The predicted octanol–water partition coefficient (Wildman–Crippen LogP) is 15.7. The van der Waals surface area contributed by atoms with E-state index in [9.17, 15) is 0 Å². The van der Waals surface area contributed by atoms with Crippen molar-refractivity contribution in [1.82, 2.24) is 0 Å². The second-order valence-electron chi connectivity index (χ2n) is 15.7. The SMILES string of the molecule is C1=CC2C=C(c3cccc(N(c4cc(-c5ccccc5)cc(-c5ccccc5)c4)c4cccc(-c5cc6ccccc6c6ccccc56)c4)c3)c3ccccc3C2C=C1. The molecule has 0 radical (unpaired) electrons. The minimum absolute atomic E-state index is 0.314. The van der Waals surface area contributed by atoms with Crippen LogP contribution < -0.4 is 4.90 Å². The number of allylic oxidation sites excluding steroid dienone is 5. The first-order chi connectivity index (χ1) is 29.2. The highest BCUT2D eigenvalue weighted by Gasteiger charge is 2.28. The van der Waals surface area contributed by atoms with E-state index in [1.807, 2.05) is 0 Å². The van der Waals surface area contributed by atoms with Gasteiger partial charge in [0.15, 0.2) is 0 Å². The minimum Gasteiger partial charge on any atom is -0.310 e. The summed E-state index contributed by atoms with van der Waals surface area (Å²) < 4.78 is 0. The zero-order chi connectivity index (χ0) is 39.1. The standard InChI is InChI=1S/C58H41N/c1-3-17-40(18-4-1)46-33-47(41-19-5-2-6-20-41)37-50(36-46)59(48-25-15-23-42(34-48)57-38-44-21-7-9-27-51(44)53-29-11-13-31-55(53)57)49-26-16-24-43(35-49)58-39-45-22-8-10-28-52(45)54-30-12-14-32-56(54)58/h1-39,44,51H. The third kappa shape index (κ3) is 6.38. The fourth-order valence-electron chi connectivity index (χ4n) is 9.36. The molecule has 11 rings (SSSR count). The molecule has 0 spiro atoms. The number of nitrogens with zero attached hydrogens (tertiary/aromatic N) is 1. The van der Waals surface area contributed by atoms with Crippen LogP contribution in [0.3, 0.4) is 0 Å². The number of anilines is 3. The van der Waals surface area contributed by atoms with Crippen LogP contribution in [0.15, 0.2) is 237 Å². The van der Waals surface area contributed by atoms with Gasteiger partial charge < -0.3 is 4.90 Å². The number of benzene rings is 9. The van der Waals surface area contributed by atoms with Gasteiger partial charge >= 0.3 is 0 Å². The highest BCUT2D eigenvalue weighted by Crippen LogP contribution is 2.46. The lowest BCUT2D eigenvalue weighted by molar-refractivity contribution is 0.689. The van der Waals surface area contributed by atoms with Gasteiger partial charge in [0, 0.05) is 28.9 Å². The quantitative estimate of drug-likeness (QED) is 0.147. The maximum atomic E-state index is 2.48. The molecule has 2 aliphatic carbocycles. The van der Waals surface area contributed by atoms with Gasteiger partial charge in [-0.15, -0.1) is 0 Å². The Morgan fingerprint density at radius 3 is 1.64 bits per heavy atom. The maximum absolute atomic E-state index is 2.48. The smallest absolute Gasteiger partial charge is 0.0473 e. The van der Waals surface area contributed by atoms with Crippen molar-refractivity contribution >= 4 is 44.2 Å². The first-order valence-electron chi connectivity index (χ1n) is 20.6. The minimum atomic E-state index is 0.314. The lowest BCUT2D eigenvalue weighted by atomic mass is 9.73. The summed E-state index contributed by atoms with van der Waals surface area (Å²) in [5, 5.41) is 5.04. The third-order valence-corrected chi connectivity index (χ3v) is 12.1. The van der Waals surface area contributed by atoms with Crippen molar-refractivity contribution in [2.24, 2.45) is 5.92 Å². The molecule has 0 saturated heterocycles. The highest BCUT2D eigenvalue weighted by molar-refractivity contribution is 6.14. The Hall–Kier alpha value is -7.48. The summed E-state index contributed by atoms with van der Waals surface area (Å²) in [4.78, 5) is 2.45. The lowest BCUT2D eigenvalue weighted by Gasteiger charge is -2.32. The van der Waals surface area contributed by atoms with Crippen LogP contribution in [-0.4, -0.2) is 0 Å². The third-order valence-electron chi connectivity index (χ3n) is 12.1. The molecule has 0 heterocycles. The maximum Gasteiger partial charge on any atom is 0.0473 e. The average molecular weight is 752 g/mol. The monoisotopic (exact) mass is 751 g/mol. The normalized spacial score (nSPS) is 15.4.